The van der Waals surface area contributed by atoms with Gasteiger partial charge in [0.25, 0.3) is 6.43 Å². The Bertz CT molecular complexity index is 424. The van der Waals surface area contributed by atoms with Crippen LogP contribution in [0.4, 0.5) is 14.6 Å². The summed E-state index contributed by atoms with van der Waals surface area (Å²) in [5, 5.41) is 0. The SMILES string of the molecule is COC(=O)Cc1cc(C(F)F)c(OC)nc1N. The molecule has 5 nitrogen and oxygen atoms in total. The van der Waals surface area contributed by atoms with E-state index in [2.05, 4.69) is 14.5 Å². The molecule has 7 heteroatoms. The van der Waals surface area contributed by atoms with Gasteiger partial charge < -0.3 is 15.2 Å². The molecule has 0 atom stereocenters. The fourth-order valence-electron chi connectivity index (χ4n) is 1.26. The summed E-state index contributed by atoms with van der Waals surface area (Å²) in [4.78, 5) is 14.7. The van der Waals surface area contributed by atoms with Gasteiger partial charge in [-0.15, -0.1) is 0 Å². The number of alkyl halides is 2. The highest BCUT2D eigenvalue weighted by molar-refractivity contribution is 5.74. The van der Waals surface area contributed by atoms with Crippen LogP contribution in [0.5, 0.6) is 5.88 Å². The van der Waals surface area contributed by atoms with E-state index in [1.54, 1.807) is 0 Å². The highest BCUT2D eigenvalue weighted by Gasteiger charge is 2.19. The van der Waals surface area contributed by atoms with Gasteiger partial charge in [0.15, 0.2) is 0 Å². The number of pyridine rings is 1. The summed E-state index contributed by atoms with van der Waals surface area (Å²) in [6.45, 7) is 0. The van der Waals surface area contributed by atoms with Crippen molar-refractivity contribution in [2.24, 2.45) is 0 Å². The third kappa shape index (κ3) is 3.02. The molecule has 0 aliphatic rings. The Balaban J connectivity index is 3.15. The third-order valence-corrected chi connectivity index (χ3v) is 2.12. The molecule has 0 spiro atoms. The Morgan fingerprint density at radius 3 is 2.65 bits per heavy atom. The number of hydrogen-bond acceptors (Lipinski definition) is 5. The fraction of sp³-hybridized carbons (Fsp3) is 0.400. The van der Waals surface area contributed by atoms with Crippen molar-refractivity contribution in [3.8, 4) is 5.88 Å². The number of ether oxygens (including phenoxy) is 2. The summed E-state index contributed by atoms with van der Waals surface area (Å²) in [6.07, 6.45) is -2.96. The van der Waals surface area contributed by atoms with Crippen molar-refractivity contribution in [3.05, 3.63) is 17.2 Å². The van der Waals surface area contributed by atoms with Crippen molar-refractivity contribution in [1.29, 1.82) is 0 Å². The lowest BCUT2D eigenvalue weighted by Gasteiger charge is -2.11. The lowest BCUT2D eigenvalue weighted by atomic mass is 10.1. The van der Waals surface area contributed by atoms with Gasteiger partial charge >= 0.3 is 5.97 Å². The Labute approximate surface area is 96.5 Å². The van der Waals surface area contributed by atoms with E-state index in [-0.39, 0.29) is 23.7 Å². The number of carbonyl (C=O) groups excluding carboxylic acids is 1. The first-order valence-corrected chi connectivity index (χ1v) is 4.67. The van der Waals surface area contributed by atoms with Crippen LogP contribution in [0.1, 0.15) is 17.6 Å². The molecular weight excluding hydrogens is 234 g/mol. The molecule has 0 unspecified atom stereocenters. The molecule has 1 heterocycles. The first kappa shape index (κ1) is 13.1. The van der Waals surface area contributed by atoms with Crippen molar-refractivity contribution < 1.29 is 23.0 Å². The van der Waals surface area contributed by atoms with Crippen molar-refractivity contribution >= 4 is 11.8 Å². The van der Waals surface area contributed by atoms with E-state index in [0.29, 0.717) is 0 Å². The van der Waals surface area contributed by atoms with Crippen LogP contribution in [-0.4, -0.2) is 25.2 Å². The Hall–Kier alpha value is -1.92. The molecule has 0 saturated carbocycles. The van der Waals surface area contributed by atoms with Crippen LogP contribution in [0.3, 0.4) is 0 Å². The first-order chi connectivity index (χ1) is 7.99. The second kappa shape index (κ2) is 5.42. The standard InChI is InChI=1S/C10H12F2N2O3/c1-16-7(15)4-5-3-6(8(11)12)10(17-2)14-9(5)13/h3,8H,4H2,1-2H3,(H2,13,14). The normalized spacial score (nSPS) is 10.4. The summed E-state index contributed by atoms with van der Waals surface area (Å²) in [7, 11) is 2.41. The van der Waals surface area contributed by atoms with Gasteiger partial charge in [-0.2, -0.15) is 4.98 Å². The average molecular weight is 246 g/mol. The molecule has 0 fully saturated rings. The summed E-state index contributed by atoms with van der Waals surface area (Å²) in [5.74, 6) is -0.855. The molecule has 2 N–H and O–H groups in total. The third-order valence-electron chi connectivity index (χ3n) is 2.12. The van der Waals surface area contributed by atoms with Crippen LogP contribution < -0.4 is 10.5 Å². The Kier molecular flexibility index (Phi) is 4.19. The maximum absolute atomic E-state index is 12.7. The fourth-order valence-corrected chi connectivity index (χ4v) is 1.26. The zero-order valence-corrected chi connectivity index (χ0v) is 9.37. The summed E-state index contributed by atoms with van der Waals surface area (Å²) >= 11 is 0. The number of nitrogen functional groups attached to an aromatic ring is 1. The van der Waals surface area contributed by atoms with Crippen LogP contribution in [0.25, 0.3) is 0 Å². The molecule has 0 radical (unpaired) electrons. The number of methoxy groups -OCH3 is 2. The number of anilines is 1. The summed E-state index contributed by atoms with van der Waals surface area (Å²) < 4.78 is 34.4. The minimum absolute atomic E-state index is 0.0309. The van der Waals surface area contributed by atoms with Gasteiger partial charge in [-0.3, -0.25) is 4.79 Å². The average Bonchev–Trinajstić information content (AvgIpc) is 2.30. The predicted molar refractivity (Wildman–Crippen MR) is 55.9 cm³/mol. The van der Waals surface area contributed by atoms with E-state index in [4.69, 9.17) is 5.73 Å². The Morgan fingerprint density at radius 2 is 2.18 bits per heavy atom. The molecule has 0 aliphatic heterocycles. The summed E-state index contributed by atoms with van der Waals surface area (Å²) in [6, 6.07) is 1.10. The zero-order valence-electron chi connectivity index (χ0n) is 9.37. The molecule has 0 bridgehead atoms. The highest BCUT2D eigenvalue weighted by atomic mass is 19.3. The van der Waals surface area contributed by atoms with Crippen LogP contribution in [0.15, 0.2) is 6.07 Å². The van der Waals surface area contributed by atoms with Gasteiger partial charge in [-0.05, 0) is 6.07 Å². The second-order valence-electron chi connectivity index (χ2n) is 3.18. The minimum Gasteiger partial charge on any atom is -0.481 e. The lowest BCUT2D eigenvalue weighted by molar-refractivity contribution is -0.139. The molecule has 1 rings (SSSR count). The van der Waals surface area contributed by atoms with Gasteiger partial charge in [0.1, 0.15) is 5.82 Å². The number of rotatable bonds is 4. The van der Waals surface area contributed by atoms with Gasteiger partial charge in [-0.25, -0.2) is 8.78 Å². The second-order valence-corrected chi connectivity index (χ2v) is 3.18. The van der Waals surface area contributed by atoms with E-state index >= 15 is 0 Å². The largest absolute Gasteiger partial charge is 0.481 e. The molecular formula is C10H12F2N2O3. The smallest absolute Gasteiger partial charge is 0.310 e. The molecule has 0 aromatic carbocycles. The lowest BCUT2D eigenvalue weighted by Crippen LogP contribution is -2.10. The highest BCUT2D eigenvalue weighted by Crippen LogP contribution is 2.30. The zero-order chi connectivity index (χ0) is 13.0. The maximum Gasteiger partial charge on any atom is 0.310 e. The molecule has 1 aromatic heterocycles. The van der Waals surface area contributed by atoms with E-state index in [1.807, 2.05) is 0 Å². The summed E-state index contributed by atoms with van der Waals surface area (Å²) in [5.41, 5.74) is 5.31. The Morgan fingerprint density at radius 1 is 1.53 bits per heavy atom. The molecule has 0 amide bonds. The quantitative estimate of drug-likeness (QED) is 0.811. The van der Waals surface area contributed by atoms with Crippen LogP contribution in [-0.2, 0) is 16.0 Å². The number of nitrogens with two attached hydrogens (primary N) is 1. The van der Waals surface area contributed by atoms with E-state index < -0.39 is 18.0 Å². The number of halogens is 2. The minimum atomic E-state index is -2.76. The number of nitrogens with zero attached hydrogens (tertiary/aromatic N) is 1. The van der Waals surface area contributed by atoms with Crippen molar-refractivity contribution in [1.82, 2.24) is 4.98 Å². The molecule has 0 saturated heterocycles. The number of carbonyl (C=O) groups is 1. The van der Waals surface area contributed by atoms with Gasteiger partial charge in [-0.1, -0.05) is 0 Å². The van der Waals surface area contributed by atoms with Crippen molar-refractivity contribution in [2.75, 3.05) is 20.0 Å². The van der Waals surface area contributed by atoms with E-state index in [9.17, 15) is 13.6 Å². The molecule has 0 aliphatic carbocycles. The van der Waals surface area contributed by atoms with Crippen LogP contribution >= 0.6 is 0 Å². The number of hydrogen-bond donors (Lipinski definition) is 1. The maximum atomic E-state index is 12.7. The van der Waals surface area contributed by atoms with E-state index in [0.717, 1.165) is 6.07 Å². The van der Waals surface area contributed by atoms with Crippen molar-refractivity contribution in [2.45, 2.75) is 12.8 Å². The van der Waals surface area contributed by atoms with Gasteiger partial charge in [0.2, 0.25) is 5.88 Å². The topological polar surface area (TPSA) is 74.4 Å². The molecule has 94 valence electrons. The first-order valence-electron chi connectivity index (χ1n) is 4.67. The van der Waals surface area contributed by atoms with Gasteiger partial charge in [0.05, 0.1) is 26.2 Å². The van der Waals surface area contributed by atoms with Gasteiger partial charge in [0, 0.05) is 5.56 Å². The van der Waals surface area contributed by atoms with Crippen LogP contribution in [0.2, 0.25) is 0 Å². The number of esters is 1. The molecule has 17 heavy (non-hydrogen) atoms. The number of aromatic nitrogens is 1. The monoisotopic (exact) mass is 246 g/mol. The van der Waals surface area contributed by atoms with Crippen LogP contribution in [0, 0.1) is 0 Å². The van der Waals surface area contributed by atoms with E-state index in [1.165, 1.54) is 14.2 Å². The predicted octanol–water partition coefficient (Wildman–Crippen LogP) is 1.33. The molecule has 1 aromatic rings. The van der Waals surface area contributed by atoms with Crippen molar-refractivity contribution in [3.63, 3.8) is 0 Å².